The molecule has 3 rings (SSSR count). The van der Waals surface area contributed by atoms with Gasteiger partial charge in [-0.2, -0.15) is 0 Å². The third-order valence-corrected chi connectivity index (χ3v) is 6.09. The molecule has 5 nitrogen and oxygen atoms in total. The molecule has 2 fully saturated rings. The molecule has 0 saturated carbocycles. The van der Waals surface area contributed by atoms with Crippen LogP contribution >= 0.6 is 0 Å². The van der Waals surface area contributed by atoms with E-state index >= 15 is 0 Å². The Balaban J connectivity index is 1.47. The first-order valence-corrected chi connectivity index (χ1v) is 9.79. The average Bonchev–Trinajstić information content (AvgIpc) is 2.79. The molecule has 2 aliphatic heterocycles. The van der Waals surface area contributed by atoms with Crippen molar-refractivity contribution in [3.63, 3.8) is 0 Å². The highest BCUT2D eigenvalue weighted by molar-refractivity contribution is 6.03. The normalized spacial score (nSPS) is 20.6. The van der Waals surface area contributed by atoms with E-state index in [9.17, 15) is 9.59 Å². The molecule has 0 atom stereocenters. The first-order valence-electron chi connectivity index (χ1n) is 9.79. The van der Waals surface area contributed by atoms with Crippen molar-refractivity contribution in [3.05, 3.63) is 29.8 Å². The summed E-state index contributed by atoms with van der Waals surface area (Å²) in [5.41, 5.74) is 2.30. The maximum absolute atomic E-state index is 12.5. The highest BCUT2D eigenvalue weighted by atomic mass is 16.2. The second-order valence-electron chi connectivity index (χ2n) is 8.13. The molecule has 1 N–H and O–H groups in total. The minimum atomic E-state index is -0.227. The largest absolute Gasteiger partial charge is 0.342 e. The number of piperidine rings is 1. The fraction of sp³-hybridized carbons (Fsp3) is 0.619. The van der Waals surface area contributed by atoms with Crippen LogP contribution in [0.1, 0.15) is 44.1 Å². The molecule has 1 aromatic rings. The van der Waals surface area contributed by atoms with Gasteiger partial charge in [0, 0.05) is 18.8 Å². The fourth-order valence-electron chi connectivity index (χ4n) is 4.21. The van der Waals surface area contributed by atoms with Crippen molar-refractivity contribution in [2.24, 2.45) is 5.41 Å². The molecule has 1 spiro atoms. The third-order valence-electron chi connectivity index (χ3n) is 6.09. The number of likely N-dealkylation sites (tertiary alicyclic amines) is 2. The minimum absolute atomic E-state index is 0.0461. The number of nitrogens with zero attached hydrogens (tertiary/aromatic N) is 2. The van der Waals surface area contributed by atoms with Gasteiger partial charge in [0.05, 0.1) is 0 Å². The SMILES string of the molecule is Cc1ccc(NC(=O)CC(=O)N2CCC3(CCCN(C)CC3)CC2)cc1. The number of benzene rings is 1. The van der Waals surface area contributed by atoms with Crippen LogP contribution in [0.25, 0.3) is 0 Å². The minimum Gasteiger partial charge on any atom is -0.342 e. The summed E-state index contributed by atoms with van der Waals surface area (Å²) in [6.45, 7) is 5.93. The van der Waals surface area contributed by atoms with Crippen LogP contribution in [0.2, 0.25) is 0 Å². The van der Waals surface area contributed by atoms with Crippen molar-refractivity contribution in [1.82, 2.24) is 9.80 Å². The molecule has 0 unspecified atom stereocenters. The van der Waals surface area contributed by atoms with Crippen molar-refractivity contribution in [1.29, 1.82) is 0 Å². The molecule has 0 aromatic heterocycles. The monoisotopic (exact) mass is 357 g/mol. The molecule has 5 heteroatoms. The van der Waals surface area contributed by atoms with Crippen LogP contribution in [0.15, 0.2) is 24.3 Å². The van der Waals surface area contributed by atoms with Gasteiger partial charge in [-0.15, -0.1) is 0 Å². The van der Waals surface area contributed by atoms with Crippen molar-refractivity contribution in [3.8, 4) is 0 Å². The maximum atomic E-state index is 12.5. The second kappa shape index (κ2) is 8.21. The van der Waals surface area contributed by atoms with Gasteiger partial charge in [0.15, 0.2) is 0 Å². The van der Waals surface area contributed by atoms with Crippen molar-refractivity contribution >= 4 is 17.5 Å². The van der Waals surface area contributed by atoms with Crippen LogP contribution in [-0.4, -0.2) is 54.8 Å². The Labute approximate surface area is 156 Å². The highest BCUT2D eigenvalue weighted by Crippen LogP contribution is 2.41. The molecule has 0 aliphatic carbocycles. The summed E-state index contributed by atoms with van der Waals surface area (Å²) < 4.78 is 0. The highest BCUT2D eigenvalue weighted by Gasteiger charge is 2.36. The van der Waals surface area contributed by atoms with Crippen molar-refractivity contribution < 1.29 is 9.59 Å². The Morgan fingerprint density at radius 3 is 2.35 bits per heavy atom. The molecule has 2 amide bonds. The zero-order valence-electron chi connectivity index (χ0n) is 16.1. The molecule has 1 aromatic carbocycles. The van der Waals surface area contributed by atoms with E-state index in [2.05, 4.69) is 17.3 Å². The van der Waals surface area contributed by atoms with E-state index in [1.807, 2.05) is 36.1 Å². The lowest BCUT2D eigenvalue weighted by Crippen LogP contribution is -2.44. The number of nitrogens with one attached hydrogen (secondary N) is 1. The number of carbonyl (C=O) groups excluding carboxylic acids is 2. The standard InChI is InChI=1S/C21H31N3O2/c1-17-4-6-18(7-5-17)22-19(25)16-20(26)24-14-10-21(11-15-24)8-3-12-23(2)13-9-21/h4-7H,3,8-16H2,1-2H3,(H,22,25). The summed E-state index contributed by atoms with van der Waals surface area (Å²) in [4.78, 5) is 29.0. The number of carbonyl (C=O) groups is 2. The lowest BCUT2D eigenvalue weighted by atomic mass is 9.73. The summed E-state index contributed by atoms with van der Waals surface area (Å²) in [6, 6.07) is 7.63. The van der Waals surface area contributed by atoms with Gasteiger partial charge in [0.1, 0.15) is 6.42 Å². The summed E-state index contributed by atoms with van der Waals surface area (Å²) in [5.74, 6) is -0.273. The maximum Gasteiger partial charge on any atom is 0.233 e. The van der Waals surface area contributed by atoms with E-state index in [4.69, 9.17) is 0 Å². The number of rotatable bonds is 3. The van der Waals surface area contributed by atoms with Gasteiger partial charge in [-0.1, -0.05) is 17.7 Å². The Kier molecular flexibility index (Phi) is 5.97. The number of hydrogen-bond donors (Lipinski definition) is 1. The summed E-state index contributed by atoms with van der Waals surface area (Å²) in [7, 11) is 2.20. The van der Waals surface area contributed by atoms with Gasteiger partial charge in [0.2, 0.25) is 11.8 Å². The molecule has 0 bridgehead atoms. The quantitative estimate of drug-likeness (QED) is 0.846. The van der Waals surface area contributed by atoms with Crippen molar-refractivity contribution in [2.75, 3.05) is 38.5 Å². The predicted molar refractivity (Wildman–Crippen MR) is 104 cm³/mol. The van der Waals surface area contributed by atoms with E-state index in [1.165, 1.54) is 25.8 Å². The average molecular weight is 357 g/mol. The van der Waals surface area contributed by atoms with Crippen LogP contribution < -0.4 is 5.32 Å². The fourth-order valence-corrected chi connectivity index (χ4v) is 4.21. The number of anilines is 1. The Morgan fingerprint density at radius 1 is 1.00 bits per heavy atom. The lowest BCUT2D eigenvalue weighted by molar-refractivity contribution is -0.136. The molecular weight excluding hydrogens is 326 g/mol. The van der Waals surface area contributed by atoms with Gasteiger partial charge in [-0.25, -0.2) is 0 Å². The Hall–Kier alpha value is -1.88. The zero-order chi connectivity index (χ0) is 18.6. The Morgan fingerprint density at radius 2 is 1.65 bits per heavy atom. The molecule has 2 heterocycles. The number of aryl methyl sites for hydroxylation is 1. The predicted octanol–water partition coefficient (Wildman–Crippen LogP) is 3.05. The topological polar surface area (TPSA) is 52.7 Å². The zero-order valence-corrected chi connectivity index (χ0v) is 16.1. The smallest absolute Gasteiger partial charge is 0.233 e. The van der Waals surface area contributed by atoms with Gasteiger partial charge >= 0.3 is 0 Å². The second-order valence-corrected chi connectivity index (χ2v) is 8.13. The van der Waals surface area contributed by atoms with Gasteiger partial charge in [0.25, 0.3) is 0 Å². The molecular formula is C21H31N3O2. The summed E-state index contributed by atoms with van der Waals surface area (Å²) in [5, 5.41) is 2.82. The molecule has 2 saturated heterocycles. The molecule has 0 radical (unpaired) electrons. The lowest BCUT2D eigenvalue weighted by Gasteiger charge is -2.41. The molecule has 142 valence electrons. The van der Waals surface area contributed by atoms with Gasteiger partial charge in [-0.05, 0) is 76.7 Å². The van der Waals surface area contributed by atoms with Crippen LogP contribution in [-0.2, 0) is 9.59 Å². The third kappa shape index (κ3) is 4.85. The van der Waals surface area contributed by atoms with Crippen molar-refractivity contribution in [2.45, 2.75) is 45.4 Å². The van der Waals surface area contributed by atoms with Crippen LogP contribution in [0.5, 0.6) is 0 Å². The van der Waals surface area contributed by atoms with E-state index in [-0.39, 0.29) is 18.2 Å². The number of hydrogen-bond acceptors (Lipinski definition) is 3. The Bertz CT molecular complexity index is 633. The van der Waals surface area contributed by atoms with E-state index in [0.29, 0.717) is 5.41 Å². The first kappa shape index (κ1) is 18.9. The molecule has 2 aliphatic rings. The summed E-state index contributed by atoms with van der Waals surface area (Å²) >= 11 is 0. The molecule has 26 heavy (non-hydrogen) atoms. The van der Waals surface area contributed by atoms with Crippen LogP contribution in [0.4, 0.5) is 5.69 Å². The van der Waals surface area contributed by atoms with Crippen LogP contribution in [0, 0.1) is 12.3 Å². The van der Waals surface area contributed by atoms with E-state index in [1.54, 1.807) is 0 Å². The summed E-state index contributed by atoms with van der Waals surface area (Å²) in [6.07, 6.45) is 5.85. The van der Waals surface area contributed by atoms with Gasteiger partial charge in [-0.3, -0.25) is 9.59 Å². The van der Waals surface area contributed by atoms with E-state index in [0.717, 1.165) is 43.7 Å². The van der Waals surface area contributed by atoms with E-state index < -0.39 is 0 Å². The first-order chi connectivity index (χ1) is 12.5. The van der Waals surface area contributed by atoms with Crippen LogP contribution in [0.3, 0.4) is 0 Å². The van der Waals surface area contributed by atoms with Gasteiger partial charge < -0.3 is 15.1 Å². The number of amides is 2.